The summed E-state index contributed by atoms with van der Waals surface area (Å²) in [5.41, 5.74) is 4.93. The van der Waals surface area contributed by atoms with E-state index in [9.17, 15) is 0 Å². The van der Waals surface area contributed by atoms with Gasteiger partial charge in [0.25, 0.3) is 0 Å². The van der Waals surface area contributed by atoms with Crippen LogP contribution in [0.2, 0.25) is 0 Å². The summed E-state index contributed by atoms with van der Waals surface area (Å²) >= 11 is 0. The Morgan fingerprint density at radius 1 is 0.929 bits per heavy atom. The third-order valence-corrected chi connectivity index (χ3v) is 2.51. The standard InChI is InChI=1S/C14H26/c1-4-7-9-12-14(11-6-3)13-10-8-5-2/h6H,4-5,7-10,12-13H2,1-3H3. The van der Waals surface area contributed by atoms with Crippen molar-refractivity contribution in [2.75, 3.05) is 0 Å². The first-order valence-electron chi connectivity index (χ1n) is 6.24. The fraction of sp³-hybridized carbons (Fsp3) is 0.786. The van der Waals surface area contributed by atoms with Crippen molar-refractivity contribution in [1.82, 2.24) is 0 Å². The molecule has 0 nitrogen and oxygen atoms in total. The highest BCUT2D eigenvalue weighted by molar-refractivity contribution is 5.01. The lowest BCUT2D eigenvalue weighted by atomic mass is 10.0. The van der Waals surface area contributed by atoms with E-state index in [0.29, 0.717) is 0 Å². The molecule has 0 saturated carbocycles. The molecule has 0 aliphatic heterocycles. The van der Waals surface area contributed by atoms with Gasteiger partial charge in [-0.2, -0.15) is 0 Å². The van der Waals surface area contributed by atoms with Crippen molar-refractivity contribution in [1.29, 1.82) is 0 Å². The lowest BCUT2D eigenvalue weighted by Gasteiger charge is -2.03. The molecule has 82 valence electrons. The summed E-state index contributed by atoms with van der Waals surface area (Å²) in [5, 5.41) is 0. The number of unbranched alkanes of at least 4 members (excludes halogenated alkanes) is 4. The summed E-state index contributed by atoms with van der Waals surface area (Å²) in [4.78, 5) is 0. The third kappa shape index (κ3) is 8.13. The molecule has 0 saturated heterocycles. The maximum Gasteiger partial charge on any atom is -0.0244 e. The van der Waals surface area contributed by atoms with Crippen LogP contribution in [-0.4, -0.2) is 0 Å². The van der Waals surface area contributed by atoms with Gasteiger partial charge in [0.2, 0.25) is 0 Å². The summed E-state index contributed by atoms with van der Waals surface area (Å²) in [7, 11) is 0. The average Bonchev–Trinajstić information content (AvgIpc) is 2.18. The SMILES string of the molecule is CC=C=C(CCCCC)CCCCC. The lowest BCUT2D eigenvalue weighted by molar-refractivity contribution is 0.660. The second-order valence-electron chi connectivity index (χ2n) is 3.95. The molecule has 0 fully saturated rings. The second-order valence-corrected chi connectivity index (χ2v) is 3.95. The molecule has 0 radical (unpaired) electrons. The van der Waals surface area contributed by atoms with Crippen molar-refractivity contribution < 1.29 is 0 Å². The van der Waals surface area contributed by atoms with Gasteiger partial charge in [0.15, 0.2) is 0 Å². The normalized spacial score (nSPS) is 9.64. The van der Waals surface area contributed by atoms with Gasteiger partial charge in [-0.1, -0.05) is 39.5 Å². The Bertz CT molecular complexity index is 158. The van der Waals surface area contributed by atoms with Gasteiger partial charge >= 0.3 is 0 Å². The Labute approximate surface area is 90.1 Å². The van der Waals surface area contributed by atoms with Crippen LogP contribution < -0.4 is 0 Å². The summed E-state index contributed by atoms with van der Waals surface area (Å²) < 4.78 is 0. The van der Waals surface area contributed by atoms with Gasteiger partial charge in [-0.15, -0.1) is 5.73 Å². The first-order chi connectivity index (χ1) is 6.85. The molecule has 0 amide bonds. The zero-order valence-electron chi connectivity index (χ0n) is 10.2. The molecule has 0 N–H and O–H groups in total. The molecule has 0 bridgehead atoms. The van der Waals surface area contributed by atoms with Crippen LogP contribution in [0.25, 0.3) is 0 Å². The smallest absolute Gasteiger partial charge is 0.0244 e. The van der Waals surface area contributed by atoms with Crippen LogP contribution in [0, 0.1) is 0 Å². The zero-order chi connectivity index (χ0) is 10.6. The molecule has 14 heavy (non-hydrogen) atoms. The van der Waals surface area contributed by atoms with Crippen molar-refractivity contribution in [2.24, 2.45) is 0 Å². The quantitative estimate of drug-likeness (QED) is 0.366. The minimum absolute atomic E-state index is 1.27. The van der Waals surface area contributed by atoms with Crippen LogP contribution in [0.5, 0.6) is 0 Å². The van der Waals surface area contributed by atoms with Crippen molar-refractivity contribution in [2.45, 2.75) is 72.1 Å². The second kappa shape index (κ2) is 10.6. The van der Waals surface area contributed by atoms with E-state index in [-0.39, 0.29) is 0 Å². The maximum absolute atomic E-state index is 3.39. The number of hydrogen-bond acceptors (Lipinski definition) is 0. The van der Waals surface area contributed by atoms with Crippen molar-refractivity contribution in [3.05, 3.63) is 17.4 Å². The molecular formula is C14H26. The summed E-state index contributed by atoms with van der Waals surface area (Å²) in [5.74, 6) is 0. The third-order valence-electron chi connectivity index (χ3n) is 2.51. The molecule has 0 aromatic rings. The maximum atomic E-state index is 3.39. The first-order valence-corrected chi connectivity index (χ1v) is 6.24. The van der Waals surface area contributed by atoms with Crippen LogP contribution in [0.15, 0.2) is 17.4 Å². The van der Waals surface area contributed by atoms with E-state index in [1.165, 1.54) is 56.9 Å². The highest BCUT2D eigenvalue weighted by atomic mass is 14.0. The van der Waals surface area contributed by atoms with Crippen molar-refractivity contribution >= 4 is 0 Å². The van der Waals surface area contributed by atoms with E-state index in [1.807, 2.05) is 0 Å². The fourth-order valence-corrected chi connectivity index (χ4v) is 1.65. The minimum Gasteiger partial charge on any atom is -0.126 e. The van der Waals surface area contributed by atoms with Crippen LogP contribution >= 0.6 is 0 Å². The summed E-state index contributed by atoms with van der Waals surface area (Å²) in [6.45, 7) is 6.59. The van der Waals surface area contributed by atoms with Gasteiger partial charge in [-0.3, -0.25) is 0 Å². The topological polar surface area (TPSA) is 0 Å². The molecule has 0 atom stereocenters. The van der Waals surface area contributed by atoms with Crippen LogP contribution in [0.4, 0.5) is 0 Å². The van der Waals surface area contributed by atoms with E-state index in [2.05, 4.69) is 32.6 Å². The fourth-order valence-electron chi connectivity index (χ4n) is 1.65. The molecule has 0 aliphatic rings. The van der Waals surface area contributed by atoms with Crippen molar-refractivity contribution in [3.8, 4) is 0 Å². The number of allylic oxidation sites excluding steroid dienone is 1. The first kappa shape index (κ1) is 13.5. The molecule has 0 heterocycles. The molecule has 0 unspecified atom stereocenters. The Morgan fingerprint density at radius 2 is 1.43 bits per heavy atom. The molecule has 0 spiro atoms. The largest absolute Gasteiger partial charge is 0.126 e. The van der Waals surface area contributed by atoms with Crippen LogP contribution in [0.1, 0.15) is 72.1 Å². The summed E-state index contributed by atoms with van der Waals surface area (Å²) in [6, 6.07) is 0. The minimum atomic E-state index is 1.27. The molecule has 0 aromatic heterocycles. The molecular weight excluding hydrogens is 168 g/mol. The van der Waals surface area contributed by atoms with Gasteiger partial charge in [0.05, 0.1) is 0 Å². The van der Waals surface area contributed by atoms with E-state index in [1.54, 1.807) is 0 Å². The average molecular weight is 194 g/mol. The van der Waals surface area contributed by atoms with E-state index < -0.39 is 0 Å². The van der Waals surface area contributed by atoms with Gasteiger partial charge in [0.1, 0.15) is 0 Å². The molecule has 0 aromatic carbocycles. The van der Waals surface area contributed by atoms with Gasteiger partial charge in [0, 0.05) is 0 Å². The highest BCUT2D eigenvalue weighted by Crippen LogP contribution is 2.15. The van der Waals surface area contributed by atoms with Crippen LogP contribution in [0.3, 0.4) is 0 Å². The van der Waals surface area contributed by atoms with Crippen LogP contribution in [-0.2, 0) is 0 Å². The van der Waals surface area contributed by atoms with E-state index in [4.69, 9.17) is 0 Å². The molecule has 0 heteroatoms. The molecule has 0 rings (SSSR count). The van der Waals surface area contributed by atoms with Gasteiger partial charge < -0.3 is 0 Å². The Morgan fingerprint density at radius 3 is 1.79 bits per heavy atom. The Kier molecular flexibility index (Phi) is 10.2. The van der Waals surface area contributed by atoms with E-state index >= 15 is 0 Å². The monoisotopic (exact) mass is 194 g/mol. The van der Waals surface area contributed by atoms with Crippen molar-refractivity contribution in [3.63, 3.8) is 0 Å². The number of hydrogen-bond donors (Lipinski definition) is 0. The Hall–Kier alpha value is -0.480. The van der Waals surface area contributed by atoms with E-state index in [0.717, 1.165) is 0 Å². The predicted octanol–water partition coefficient (Wildman–Crippen LogP) is 5.25. The summed E-state index contributed by atoms with van der Waals surface area (Å²) in [6.07, 6.45) is 12.6. The van der Waals surface area contributed by atoms with Gasteiger partial charge in [-0.25, -0.2) is 0 Å². The number of rotatable bonds is 8. The zero-order valence-corrected chi connectivity index (χ0v) is 10.2. The Balaban J connectivity index is 3.74. The highest BCUT2D eigenvalue weighted by Gasteiger charge is 1.96. The lowest BCUT2D eigenvalue weighted by Crippen LogP contribution is -1.84. The molecule has 0 aliphatic carbocycles. The van der Waals surface area contributed by atoms with Gasteiger partial charge in [-0.05, 0) is 44.3 Å². The predicted molar refractivity (Wildman–Crippen MR) is 65.6 cm³/mol.